The fourth-order valence-electron chi connectivity index (χ4n) is 3.53. The number of piperidine rings is 2. The van der Waals surface area contributed by atoms with E-state index in [1.807, 2.05) is 4.90 Å². The quantitative estimate of drug-likeness (QED) is 0.775. The van der Waals surface area contributed by atoms with Gasteiger partial charge in [0, 0.05) is 25.9 Å². The minimum absolute atomic E-state index is 0.232. The molecule has 1 unspecified atom stereocenters. The molecule has 0 bridgehead atoms. The molecular weight excluding hydrogens is 266 g/mol. The van der Waals surface area contributed by atoms with E-state index in [0.717, 1.165) is 51.9 Å². The number of rotatable bonds is 6. The van der Waals surface area contributed by atoms with Crippen LogP contribution in [0.1, 0.15) is 51.4 Å². The minimum Gasteiger partial charge on any atom is -0.370 e. The zero-order valence-electron chi connectivity index (χ0n) is 13.0. The number of hydrogen-bond donors (Lipinski definition) is 2. The predicted molar refractivity (Wildman–Crippen MR) is 82.6 cm³/mol. The van der Waals surface area contributed by atoms with Gasteiger partial charge in [0.05, 0.1) is 0 Å². The van der Waals surface area contributed by atoms with E-state index in [-0.39, 0.29) is 5.91 Å². The summed E-state index contributed by atoms with van der Waals surface area (Å²) in [4.78, 5) is 25.2. The number of primary amides is 1. The van der Waals surface area contributed by atoms with Gasteiger partial charge in [0.15, 0.2) is 0 Å². The summed E-state index contributed by atoms with van der Waals surface area (Å²) in [6, 6.07) is 0. The molecule has 5 heteroatoms. The topological polar surface area (TPSA) is 75.4 Å². The van der Waals surface area contributed by atoms with Crippen LogP contribution < -0.4 is 11.1 Å². The van der Waals surface area contributed by atoms with Crippen LogP contribution in [0, 0.1) is 11.8 Å². The van der Waals surface area contributed by atoms with E-state index in [1.165, 1.54) is 12.8 Å². The average Bonchev–Trinajstić information content (AvgIpc) is 2.52. The molecule has 0 spiro atoms. The Morgan fingerprint density at radius 2 is 1.76 bits per heavy atom. The van der Waals surface area contributed by atoms with Crippen molar-refractivity contribution < 1.29 is 9.59 Å². The average molecular weight is 295 g/mol. The second kappa shape index (κ2) is 8.37. The molecule has 2 rings (SSSR count). The van der Waals surface area contributed by atoms with Crippen LogP contribution in [0.25, 0.3) is 0 Å². The third-order valence-electron chi connectivity index (χ3n) is 4.90. The maximum atomic E-state index is 12.3. The first-order chi connectivity index (χ1) is 10.1. The molecule has 2 fully saturated rings. The van der Waals surface area contributed by atoms with Crippen LogP contribution in [0.4, 0.5) is 0 Å². The number of nitrogens with two attached hydrogens (primary N) is 1. The Kier molecular flexibility index (Phi) is 6.49. The van der Waals surface area contributed by atoms with Gasteiger partial charge in [0.1, 0.15) is 0 Å². The van der Waals surface area contributed by atoms with Crippen LogP contribution >= 0.6 is 0 Å². The number of likely N-dealkylation sites (tertiary alicyclic amines) is 1. The Balaban J connectivity index is 1.69. The number of carbonyl (C=O) groups is 2. The highest BCUT2D eigenvalue weighted by atomic mass is 16.2. The summed E-state index contributed by atoms with van der Waals surface area (Å²) in [5.74, 6) is 1.24. The summed E-state index contributed by atoms with van der Waals surface area (Å²) >= 11 is 0. The molecule has 0 aromatic heterocycles. The zero-order chi connectivity index (χ0) is 15.1. The standard InChI is InChI=1S/C16H29N3O2/c17-15(20)5-3-14-2-1-11-19(12-14)16(21)6-4-13-7-9-18-10-8-13/h13-14,18H,1-12H2,(H2,17,20). The molecule has 2 heterocycles. The zero-order valence-corrected chi connectivity index (χ0v) is 13.0. The van der Waals surface area contributed by atoms with Gasteiger partial charge in [-0.05, 0) is 63.5 Å². The van der Waals surface area contributed by atoms with Gasteiger partial charge in [-0.25, -0.2) is 0 Å². The third kappa shape index (κ3) is 5.65. The Labute approximate surface area is 127 Å². The lowest BCUT2D eigenvalue weighted by Gasteiger charge is -2.33. The van der Waals surface area contributed by atoms with E-state index in [0.29, 0.717) is 30.6 Å². The van der Waals surface area contributed by atoms with Crippen LogP contribution in [0.5, 0.6) is 0 Å². The van der Waals surface area contributed by atoms with E-state index < -0.39 is 0 Å². The third-order valence-corrected chi connectivity index (χ3v) is 4.90. The summed E-state index contributed by atoms with van der Waals surface area (Å²) in [7, 11) is 0. The smallest absolute Gasteiger partial charge is 0.222 e. The van der Waals surface area contributed by atoms with Crippen molar-refractivity contribution in [3.05, 3.63) is 0 Å². The monoisotopic (exact) mass is 295 g/mol. The second-order valence-electron chi connectivity index (χ2n) is 6.59. The van der Waals surface area contributed by atoms with Crippen molar-refractivity contribution in [2.24, 2.45) is 17.6 Å². The molecule has 0 aliphatic carbocycles. The van der Waals surface area contributed by atoms with Gasteiger partial charge in [-0.15, -0.1) is 0 Å². The van der Waals surface area contributed by atoms with Crippen molar-refractivity contribution in [1.29, 1.82) is 0 Å². The number of nitrogens with one attached hydrogen (secondary N) is 1. The molecule has 2 saturated heterocycles. The van der Waals surface area contributed by atoms with Gasteiger partial charge < -0.3 is 16.0 Å². The first-order valence-electron chi connectivity index (χ1n) is 8.42. The van der Waals surface area contributed by atoms with E-state index in [2.05, 4.69) is 5.32 Å². The van der Waals surface area contributed by atoms with Crippen LogP contribution in [-0.4, -0.2) is 42.9 Å². The van der Waals surface area contributed by atoms with Crippen LogP contribution in [0.2, 0.25) is 0 Å². The van der Waals surface area contributed by atoms with Gasteiger partial charge in [-0.1, -0.05) is 0 Å². The van der Waals surface area contributed by atoms with E-state index in [1.54, 1.807) is 0 Å². The molecule has 1 atom stereocenters. The first-order valence-corrected chi connectivity index (χ1v) is 8.42. The summed E-state index contributed by atoms with van der Waals surface area (Å²) < 4.78 is 0. The highest BCUT2D eigenvalue weighted by Gasteiger charge is 2.24. The maximum absolute atomic E-state index is 12.3. The van der Waals surface area contributed by atoms with Crippen molar-refractivity contribution in [3.63, 3.8) is 0 Å². The van der Waals surface area contributed by atoms with Gasteiger partial charge in [0.25, 0.3) is 0 Å². The fourth-order valence-corrected chi connectivity index (χ4v) is 3.53. The number of nitrogens with zero attached hydrogens (tertiary/aromatic N) is 1. The molecule has 0 aromatic rings. The molecule has 0 aromatic carbocycles. The second-order valence-corrected chi connectivity index (χ2v) is 6.59. The molecule has 5 nitrogen and oxygen atoms in total. The van der Waals surface area contributed by atoms with E-state index in [9.17, 15) is 9.59 Å². The van der Waals surface area contributed by atoms with E-state index in [4.69, 9.17) is 5.73 Å². The highest BCUT2D eigenvalue weighted by molar-refractivity contribution is 5.76. The molecule has 21 heavy (non-hydrogen) atoms. The molecular formula is C16H29N3O2. The van der Waals surface area contributed by atoms with Crippen molar-refractivity contribution >= 4 is 11.8 Å². The Morgan fingerprint density at radius 3 is 2.48 bits per heavy atom. The summed E-state index contributed by atoms with van der Waals surface area (Å²) in [6.07, 6.45) is 7.57. The largest absolute Gasteiger partial charge is 0.370 e. The summed E-state index contributed by atoms with van der Waals surface area (Å²) in [5.41, 5.74) is 5.21. The van der Waals surface area contributed by atoms with Crippen LogP contribution in [0.15, 0.2) is 0 Å². The normalized spacial score (nSPS) is 24.0. The molecule has 2 amide bonds. The lowest BCUT2D eigenvalue weighted by Crippen LogP contribution is -2.40. The van der Waals surface area contributed by atoms with Gasteiger partial charge in [0.2, 0.25) is 11.8 Å². The summed E-state index contributed by atoms with van der Waals surface area (Å²) in [5, 5.41) is 3.36. The molecule has 3 N–H and O–H groups in total. The number of hydrogen-bond acceptors (Lipinski definition) is 3. The minimum atomic E-state index is -0.232. The van der Waals surface area contributed by atoms with E-state index >= 15 is 0 Å². The molecule has 2 aliphatic rings. The van der Waals surface area contributed by atoms with Crippen molar-refractivity contribution in [1.82, 2.24) is 10.2 Å². The van der Waals surface area contributed by atoms with Gasteiger partial charge in [-0.2, -0.15) is 0 Å². The Hall–Kier alpha value is -1.10. The highest BCUT2D eigenvalue weighted by Crippen LogP contribution is 2.23. The molecule has 2 aliphatic heterocycles. The lowest BCUT2D eigenvalue weighted by molar-refractivity contribution is -0.133. The van der Waals surface area contributed by atoms with Gasteiger partial charge >= 0.3 is 0 Å². The van der Waals surface area contributed by atoms with Gasteiger partial charge in [-0.3, -0.25) is 9.59 Å². The maximum Gasteiger partial charge on any atom is 0.222 e. The Bertz CT molecular complexity index is 353. The van der Waals surface area contributed by atoms with Crippen molar-refractivity contribution in [2.75, 3.05) is 26.2 Å². The number of carbonyl (C=O) groups excluding carboxylic acids is 2. The summed E-state index contributed by atoms with van der Waals surface area (Å²) in [6.45, 7) is 3.89. The van der Waals surface area contributed by atoms with Crippen molar-refractivity contribution in [2.45, 2.75) is 51.4 Å². The molecule has 0 radical (unpaired) electrons. The fraction of sp³-hybridized carbons (Fsp3) is 0.875. The SMILES string of the molecule is NC(=O)CCC1CCCN(C(=O)CCC2CCNCC2)C1. The Morgan fingerprint density at radius 1 is 1.05 bits per heavy atom. The number of amides is 2. The lowest BCUT2D eigenvalue weighted by atomic mass is 9.91. The van der Waals surface area contributed by atoms with Crippen LogP contribution in [0.3, 0.4) is 0 Å². The first kappa shape index (κ1) is 16.3. The van der Waals surface area contributed by atoms with Crippen molar-refractivity contribution in [3.8, 4) is 0 Å². The molecule has 0 saturated carbocycles. The predicted octanol–water partition coefficient (Wildman–Crippen LogP) is 1.27. The molecule has 120 valence electrons. The van der Waals surface area contributed by atoms with Crippen LogP contribution in [-0.2, 0) is 9.59 Å².